The van der Waals surface area contributed by atoms with Gasteiger partial charge in [-0.25, -0.2) is 4.39 Å². The summed E-state index contributed by atoms with van der Waals surface area (Å²) < 4.78 is 23.8. The van der Waals surface area contributed by atoms with Crippen molar-refractivity contribution in [2.24, 2.45) is 0 Å². The summed E-state index contributed by atoms with van der Waals surface area (Å²) in [5, 5.41) is 5.09. The van der Waals surface area contributed by atoms with Crippen LogP contribution in [0, 0.1) is 5.82 Å². The largest absolute Gasteiger partial charge is 0.482 e. The highest BCUT2D eigenvalue weighted by Gasteiger charge is 2.24. The maximum Gasteiger partial charge on any atom is 0.258 e. The second-order valence-electron chi connectivity index (χ2n) is 5.85. The fourth-order valence-corrected chi connectivity index (χ4v) is 3.86. The number of ether oxygens (including phenoxy) is 2. The van der Waals surface area contributed by atoms with E-state index in [0.717, 1.165) is 19.2 Å². The molecule has 1 aromatic carbocycles. The average molecular weight is 399 g/mol. The van der Waals surface area contributed by atoms with Crippen LogP contribution in [0.25, 0.3) is 0 Å². The number of amides is 1. The van der Waals surface area contributed by atoms with Crippen molar-refractivity contribution in [1.29, 1.82) is 0 Å². The lowest BCUT2D eigenvalue weighted by Crippen LogP contribution is -2.44. The summed E-state index contributed by atoms with van der Waals surface area (Å²) in [7, 11) is 0. The summed E-state index contributed by atoms with van der Waals surface area (Å²) in [6.07, 6.45) is 0. The molecule has 0 aliphatic carbocycles. The number of rotatable bonds is 7. The smallest absolute Gasteiger partial charge is 0.258 e. The second kappa shape index (κ2) is 9.32. The Hall–Kier alpha value is -1.67. The van der Waals surface area contributed by atoms with Crippen molar-refractivity contribution in [3.63, 3.8) is 0 Å². The number of halogens is 2. The molecule has 2 heterocycles. The molecule has 1 saturated heterocycles. The van der Waals surface area contributed by atoms with Crippen molar-refractivity contribution < 1.29 is 18.7 Å². The van der Waals surface area contributed by atoms with Crippen molar-refractivity contribution in [3.05, 3.63) is 51.4 Å². The molecule has 0 bridgehead atoms. The fourth-order valence-electron chi connectivity index (χ4n) is 2.78. The van der Waals surface area contributed by atoms with E-state index in [1.807, 2.05) is 11.4 Å². The van der Waals surface area contributed by atoms with E-state index in [0.29, 0.717) is 19.8 Å². The SMILES string of the molecule is O=C(COc1ccc(F)cc1Cl)NCC(c1cccs1)N1CCOCC1. The maximum atomic E-state index is 13.0. The van der Waals surface area contributed by atoms with Crippen LogP contribution < -0.4 is 10.1 Å². The molecular formula is C18H20ClFN2O3S. The van der Waals surface area contributed by atoms with Gasteiger partial charge in [-0.3, -0.25) is 9.69 Å². The Balaban J connectivity index is 1.53. The molecule has 3 rings (SSSR count). The molecule has 5 nitrogen and oxygen atoms in total. The van der Waals surface area contributed by atoms with Gasteiger partial charge in [0.1, 0.15) is 11.6 Å². The van der Waals surface area contributed by atoms with Gasteiger partial charge < -0.3 is 14.8 Å². The molecule has 1 atom stereocenters. The van der Waals surface area contributed by atoms with Gasteiger partial charge in [0.2, 0.25) is 0 Å². The highest BCUT2D eigenvalue weighted by molar-refractivity contribution is 7.10. The summed E-state index contributed by atoms with van der Waals surface area (Å²) in [4.78, 5) is 15.7. The van der Waals surface area contributed by atoms with Crippen molar-refractivity contribution in [2.75, 3.05) is 39.5 Å². The molecule has 1 amide bonds. The summed E-state index contributed by atoms with van der Waals surface area (Å²) in [6.45, 7) is 3.37. The van der Waals surface area contributed by atoms with Crippen LogP contribution in [0.5, 0.6) is 5.75 Å². The predicted octanol–water partition coefficient (Wildman–Crippen LogP) is 3.11. The first-order valence-corrected chi connectivity index (χ1v) is 9.59. The summed E-state index contributed by atoms with van der Waals surface area (Å²) in [5.41, 5.74) is 0. The molecule has 2 aromatic rings. The van der Waals surface area contributed by atoms with Crippen LogP contribution in [0.4, 0.5) is 4.39 Å². The quantitative estimate of drug-likeness (QED) is 0.778. The number of carbonyl (C=O) groups is 1. The molecule has 8 heteroatoms. The second-order valence-corrected chi connectivity index (χ2v) is 7.23. The average Bonchev–Trinajstić information content (AvgIpc) is 3.16. The maximum absolute atomic E-state index is 13.0. The Morgan fingerprint density at radius 3 is 2.88 bits per heavy atom. The van der Waals surface area contributed by atoms with Crippen molar-refractivity contribution >= 4 is 28.8 Å². The lowest BCUT2D eigenvalue weighted by atomic mass is 10.2. The van der Waals surface area contributed by atoms with E-state index in [1.54, 1.807) is 11.3 Å². The predicted molar refractivity (Wildman–Crippen MR) is 99.4 cm³/mol. The zero-order valence-corrected chi connectivity index (χ0v) is 15.7. The number of nitrogens with zero attached hydrogens (tertiary/aromatic N) is 1. The summed E-state index contributed by atoms with van der Waals surface area (Å²) >= 11 is 7.57. The standard InChI is InChI=1S/C18H20ClFN2O3S/c19-14-10-13(20)3-4-16(14)25-12-18(23)21-11-15(17-2-1-9-26-17)22-5-7-24-8-6-22/h1-4,9-10,15H,5-8,11-12H2,(H,21,23). The number of hydrogen-bond acceptors (Lipinski definition) is 5. The molecule has 1 fully saturated rings. The van der Waals surface area contributed by atoms with E-state index in [4.69, 9.17) is 21.1 Å². The molecule has 0 spiro atoms. The zero-order valence-electron chi connectivity index (χ0n) is 14.1. The first-order valence-electron chi connectivity index (χ1n) is 8.33. The molecule has 1 aliphatic rings. The van der Waals surface area contributed by atoms with E-state index >= 15 is 0 Å². The minimum absolute atomic E-state index is 0.109. The Bertz CT molecular complexity index is 723. The summed E-state index contributed by atoms with van der Waals surface area (Å²) in [6, 6.07) is 8.00. The molecule has 1 N–H and O–H groups in total. The van der Waals surface area contributed by atoms with E-state index in [1.165, 1.54) is 17.0 Å². The van der Waals surface area contributed by atoms with Crippen LogP contribution in [-0.4, -0.2) is 50.3 Å². The number of morpholine rings is 1. The summed E-state index contributed by atoms with van der Waals surface area (Å²) in [5.74, 6) is -0.414. The lowest BCUT2D eigenvalue weighted by molar-refractivity contribution is -0.123. The monoisotopic (exact) mass is 398 g/mol. The third kappa shape index (κ3) is 5.17. The van der Waals surface area contributed by atoms with Gasteiger partial charge in [-0.1, -0.05) is 17.7 Å². The van der Waals surface area contributed by atoms with Gasteiger partial charge in [0.25, 0.3) is 5.91 Å². The van der Waals surface area contributed by atoms with Crippen LogP contribution in [-0.2, 0) is 9.53 Å². The number of nitrogens with one attached hydrogen (secondary N) is 1. The molecule has 1 aliphatic heterocycles. The zero-order chi connectivity index (χ0) is 18.4. The Morgan fingerprint density at radius 1 is 1.38 bits per heavy atom. The highest BCUT2D eigenvalue weighted by atomic mass is 35.5. The van der Waals surface area contributed by atoms with Crippen LogP contribution in [0.3, 0.4) is 0 Å². The minimum atomic E-state index is -0.448. The molecule has 26 heavy (non-hydrogen) atoms. The molecular weight excluding hydrogens is 379 g/mol. The normalized spacial score (nSPS) is 16.2. The van der Waals surface area contributed by atoms with Gasteiger partial charge in [-0.15, -0.1) is 11.3 Å². The highest BCUT2D eigenvalue weighted by Crippen LogP contribution is 2.26. The third-order valence-electron chi connectivity index (χ3n) is 4.10. The van der Waals surface area contributed by atoms with Gasteiger partial charge in [-0.05, 0) is 29.6 Å². The topological polar surface area (TPSA) is 50.8 Å². The third-order valence-corrected chi connectivity index (χ3v) is 5.37. The van der Waals surface area contributed by atoms with Crippen molar-refractivity contribution in [2.45, 2.75) is 6.04 Å². The Labute approximate surface area is 160 Å². The van der Waals surface area contributed by atoms with Gasteiger partial charge in [0.15, 0.2) is 6.61 Å². The number of thiophene rings is 1. The molecule has 140 valence electrons. The minimum Gasteiger partial charge on any atom is -0.482 e. The van der Waals surface area contributed by atoms with Crippen LogP contribution in [0.15, 0.2) is 35.7 Å². The van der Waals surface area contributed by atoms with Gasteiger partial charge in [0.05, 0.1) is 24.3 Å². The van der Waals surface area contributed by atoms with Crippen LogP contribution >= 0.6 is 22.9 Å². The van der Waals surface area contributed by atoms with Crippen molar-refractivity contribution in [1.82, 2.24) is 10.2 Å². The van der Waals surface area contributed by atoms with Crippen molar-refractivity contribution in [3.8, 4) is 5.75 Å². The van der Waals surface area contributed by atoms with E-state index in [2.05, 4.69) is 16.3 Å². The Morgan fingerprint density at radius 2 is 2.19 bits per heavy atom. The van der Waals surface area contributed by atoms with Crippen LogP contribution in [0.1, 0.15) is 10.9 Å². The van der Waals surface area contributed by atoms with Gasteiger partial charge in [0, 0.05) is 24.5 Å². The number of hydrogen-bond donors (Lipinski definition) is 1. The number of carbonyl (C=O) groups excluding carboxylic acids is 1. The van der Waals surface area contributed by atoms with E-state index in [-0.39, 0.29) is 29.3 Å². The molecule has 0 radical (unpaired) electrons. The molecule has 1 unspecified atom stereocenters. The first kappa shape index (κ1) is 19.1. The van der Waals surface area contributed by atoms with E-state index < -0.39 is 5.82 Å². The lowest BCUT2D eigenvalue weighted by Gasteiger charge is -2.34. The van der Waals surface area contributed by atoms with Gasteiger partial charge >= 0.3 is 0 Å². The Kier molecular flexibility index (Phi) is 6.85. The fraction of sp³-hybridized carbons (Fsp3) is 0.389. The molecule has 1 aromatic heterocycles. The van der Waals surface area contributed by atoms with Gasteiger partial charge in [-0.2, -0.15) is 0 Å². The molecule has 0 saturated carbocycles. The van der Waals surface area contributed by atoms with Crippen LogP contribution in [0.2, 0.25) is 5.02 Å². The van der Waals surface area contributed by atoms with E-state index in [9.17, 15) is 9.18 Å². The number of benzene rings is 1. The first-order chi connectivity index (χ1) is 12.6.